The van der Waals surface area contributed by atoms with Crippen molar-refractivity contribution in [2.45, 2.75) is 6.42 Å². The van der Waals surface area contributed by atoms with Gasteiger partial charge in [-0.15, -0.1) is 0 Å². The number of ether oxygens (including phenoxy) is 2. The van der Waals surface area contributed by atoms with Crippen molar-refractivity contribution in [3.8, 4) is 11.5 Å². The monoisotopic (exact) mass is 458 g/mol. The fourth-order valence-corrected chi connectivity index (χ4v) is 4.34. The van der Waals surface area contributed by atoms with E-state index in [1.54, 1.807) is 32.4 Å². The predicted octanol–water partition coefficient (Wildman–Crippen LogP) is 3.76. The number of halogens is 1. The first-order valence-corrected chi connectivity index (χ1v) is 11.1. The molecule has 1 aromatic heterocycles. The number of carbonyl (C=O) groups excluding carboxylic acids is 1. The molecular weight excluding hydrogens is 436 g/mol. The molecule has 0 atom stereocenters. The molecule has 4 rings (SSSR count). The molecule has 31 heavy (non-hydrogen) atoms. The van der Waals surface area contributed by atoms with Crippen LogP contribution in [0.3, 0.4) is 0 Å². The molecule has 0 bridgehead atoms. The Morgan fingerprint density at radius 3 is 2.48 bits per heavy atom. The molecule has 0 spiro atoms. The van der Waals surface area contributed by atoms with Gasteiger partial charge < -0.3 is 19.3 Å². The zero-order valence-corrected chi connectivity index (χ0v) is 18.9. The number of piperazine rings is 1. The molecule has 162 valence electrons. The second kappa shape index (κ2) is 9.53. The molecule has 2 aromatic carbocycles. The maximum atomic E-state index is 13.0. The quantitative estimate of drug-likeness (QED) is 0.560. The van der Waals surface area contributed by atoms with Crippen molar-refractivity contribution in [2.75, 3.05) is 45.3 Å². The Morgan fingerprint density at radius 2 is 1.81 bits per heavy atom. The molecule has 2 heterocycles. The van der Waals surface area contributed by atoms with Crippen LogP contribution in [-0.4, -0.2) is 60.6 Å². The molecule has 9 heteroatoms. The summed E-state index contributed by atoms with van der Waals surface area (Å²) in [6, 6.07) is 13.0. The number of methoxy groups -OCH3 is 2. The number of hydrogen-bond donors (Lipinski definition) is 0. The third-order valence-electron chi connectivity index (χ3n) is 5.21. The van der Waals surface area contributed by atoms with E-state index in [0.29, 0.717) is 49.7 Å². The van der Waals surface area contributed by atoms with Gasteiger partial charge in [0.05, 0.1) is 19.8 Å². The summed E-state index contributed by atoms with van der Waals surface area (Å²) >= 11 is 7.34. The minimum Gasteiger partial charge on any atom is -0.497 e. The van der Waals surface area contributed by atoms with Crippen molar-refractivity contribution < 1.29 is 14.3 Å². The Bertz CT molecular complexity index is 1050. The highest BCUT2D eigenvalue weighted by Gasteiger charge is 2.26. The Morgan fingerprint density at radius 1 is 1.06 bits per heavy atom. The number of rotatable bonds is 6. The average Bonchev–Trinajstić information content (AvgIpc) is 3.28. The van der Waals surface area contributed by atoms with Gasteiger partial charge in [0.15, 0.2) is 0 Å². The van der Waals surface area contributed by atoms with Crippen LogP contribution < -0.4 is 14.4 Å². The van der Waals surface area contributed by atoms with Crippen LogP contribution in [0.4, 0.5) is 5.13 Å². The number of aromatic nitrogens is 2. The van der Waals surface area contributed by atoms with E-state index in [4.69, 9.17) is 21.1 Å². The molecule has 0 aliphatic carbocycles. The average molecular weight is 459 g/mol. The summed E-state index contributed by atoms with van der Waals surface area (Å²) in [7, 11) is 3.14. The molecule has 1 amide bonds. The molecule has 0 radical (unpaired) electrons. The van der Waals surface area contributed by atoms with Gasteiger partial charge in [-0.05, 0) is 29.8 Å². The smallest absolute Gasteiger partial charge is 0.257 e. The summed E-state index contributed by atoms with van der Waals surface area (Å²) in [5.41, 5.74) is 1.66. The van der Waals surface area contributed by atoms with Crippen LogP contribution in [0, 0.1) is 0 Å². The van der Waals surface area contributed by atoms with Crippen LogP contribution >= 0.6 is 23.1 Å². The van der Waals surface area contributed by atoms with Gasteiger partial charge >= 0.3 is 0 Å². The molecule has 1 aliphatic heterocycles. The summed E-state index contributed by atoms with van der Waals surface area (Å²) in [5, 5.41) is 1.61. The van der Waals surface area contributed by atoms with Crippen molar-refractivity contribution in [2.24, 2.45) is 0 Å². The first-order valence-electron chi connectivity index (χ1n) is 9.90. The number of nitrogens with zero attached hydrogens (tertiary/aromatic N) is 4. The van der Waals surface area contributed by atoms with Gasteiger partial charge in [0.1, 0.15) is 17.3 Å². The summed E-state index contributed by atoms with van der Waals surface area (Å²) in [6.45, 7) is 2.64. The molecule has 0 saturated carbocycles. The van der Waals surface area contributed by atoms with E-state index in [-0.39, 0.29) is 5.91 Å². The Hall–Kier alpha value is -2.84. The van der Waals surface area contributed by atoms with Crippen LogP contribution in [0.15, 0.2) is 42.5 Å². The van der Waals surface area contributed by atoms with E-state index < -0.39 is 0 Å². The van der Waals surface area contributed by atoms with Crippen molar-refractivity contribution in [3.63, 3.8) is 0 Å². The lowest BCUT2D eigenvalue weighted by Gasteiger charge is -2.34. The topological polar surface area (TPSA) is 67.8 Å². The van der Waals surface area contributed by atoms with E-state index in [9.17, 15) is 4.79 Å². The lowest BCUT2D eigenvalue weighted by molar-refractivity contribution is 0.0743. The normalized spacial score (nSPS) is 13.9. The minimum atomic E-state index is -0.0418. The van der Waals surface area contributed by atoms with Crippen LogP contribution in [0.25, 0.3) is 0 Å². The van der Waals surface area contributed by atoms with Gasteiger partial charge in [0.25, 0.3) is 5.91 Å². The van der Waals surface area contributed by atoms with E-state index >= 15 is 0 Å². The highest BCUT2D eigenvalue weighted by molar-refractivity contribution is 7.09. The van der Waals surface area contributed by atoms with Gasteiger partial charge in [0.2, 0.25) is 5.13 Å². The second-order valence-electron chi connectivity index (χ2n) is 7.14. The van der Waals surface area contributed by atoms with Gasteiger partial charge in [-0.2, -0.15) is 4.37 Å². The summed E-state index contributed by atoms with van der Waals surface area (Å²) in [4.78, 5) is 21.7. The number of amides is 1. The van der Waals surface area contributed by atoms with E-state index in [2.05, 4.69) is 14.3 Å². The minimum absolute atomic E-state index is 0.0418. The van der Waals surface area contributed by atoms with Crippen LogP contribution in [-0.2, 0) is 6.42 Å². The number of benzene rings is 2. The lowest BCUT2D eigenvalue weighted by Crippen LogP contribution is -2.48. The van der Waals surface area contributed by atoms with Crippen molar-refractivity contribution in [3.05, 3.63) is 64.4 Å². The molecule has 1 saturated heterocycles. The van der Waals surface area contributed by atoms with Gasteiger partial charge in [-0.25, -0.2) is 4.98 Å². The Balaban J connectivity index is 1.37. The van der Waals surface area contributed by atoms with Gasteiger partial charge in [-0.3, -0.25) is 4.79 Å². The second-order valence-corrected chi connectivity index (χ2v) is 8.31. The highest BCUT2D eigenvalue weighted by atomic mass is 35.5. The zero-order valence-electron chi connectivity index (χ0n) is 17.4. The van der Waals surface area contributed by atoms with Gasteiger partial charge in [-0.1, -0.05) is 23.7 Å². The molecule has 1 fully saturated rings. The maximum absolute atomic E-state index is 13.0. The molecule has 0 N–H and O–H groups in total. The maximum Gasteiger partial charge on any atom is 0.257 e. The van der Waals surface area contributed by atoms with Gasteiger partial charge in [0, 0.05) is 55.2 Å². The number of hydrogen-bond acceptors (Lipinski definition) is 7. The summed E-state index contributed by atoms with van der Waals surface area (Å²) in [5.74, 6) is 1.93. The molecule has 1 aliphatic rings. The third kappa shape index (κ3) is 4.91. The van der Waals surface area contributed by atoms with Crippen LogP contribution in [0.2, 0.25) is 5.02 Å². The molecular formula is C22H23ClN4O3S. The van der Waals surface area contributed by atoms with Crippen LogP contribution in [0.1, 0.15) is 21.7 Å². The van der Waals surface area contributed by atoms with Crippen LogP contribution in [0.5, 0.6) is 11.5 Å². The first-order chi connectivity index (χ1) is 15.1. The van der Waals surface area contributed by atoms with Crippen molar-refractivity contribution in [1.29, 1.82) is 0 Å². The third-order valence-corrected chi connectivity index (χ3v) is 6.28. The largest absolute Gasteiger partial charge is 0.497 e. The van der Waals surface area contributed by atoms with Crippen molar-refractivity contribution >= 4 is 34.2 Å². The fraction of sp³-hybridized carbons (Fsp3) is 0.318. The number of carbonyl (C=O) groups is 1. The molecule has 3 aromatic rings. The highest BCUT2D eigenvalue weighted by Crippen LogP contribution is 2.27. The number of anilines is 1. The fourth-order valence-electron chi connectivity index (χ4n) is 3.48. The SMILES string of the molecule is COc1ccc(C(=O)N2CCN(c3nc(Cc4ccc(Cl)cc4)ns3)CC2)c(OC)c1. The predicted molar refractivity (Wildman–Crippen MR) is 122 cm³/mol. The lowest BCUT2D eigenvalue weighted by atomic mass is 10.1. The summed E-state index contributed by atoms with van der Waals surface area (Å²) in [6.07, 6.45) is 0.670. The van der Waals surface area contributed by atoms with Crippen molar-refractivity contribution in [1.82, 2.24) is 14.3 Å². The Kier molecular flexibility index (Phi) is 6.58. The molecule has 7 nitrogen and oxygen atoms in total. The first kappa shape index (κ1) is 21.4. The molecule has 0 unspecified atom stereocenters. The standard InChI is InChI=1S/C22H23ClN4O3S/c1-29-17-7-8-18(19(14-17)30-2)21(28)26-9-11-27(12-10-26)22-24-20(25-31-22)13-15-3-5-16(23)6-4-15/h3-8,14H,9-13H2,1-2H3. The zero-order chi connectivity index (χ0) is 21.8. The van der Waals surface area contributed by atoms with E-state index in [0.717, 1.165) is 21.5 Å². The summed E-state index contributed by atoms with van der Waals surface area (Å²) < 4.78 is 15.1. The Labute approximate surface area is 190 Å². The van der Waals surface area contributed by atoms with E-state index in [1.807, 2.05) is 29.2 Å². The van der Waals surface area contributed by atoms with E-state index in [1.165, 1.54) is 11.5 Å².